The van der Waals surface area contributed by atoms with Crippen LogP contribution in [-0.4, -0.2) is 115 Å². The van der Waals surface area contributed by atoms with Crippen molar-refractivity contribution in [1.29, 1.82) is 0 Å². The Balaban J connectivity index is 1.22. The molecule has 334 valence electrons. The summed E-state index contributed by atoms with van der Waals surface area (Å²) in [5, 5.41) is 7.03. The summed E-state index contributed by atoms with van der Waals surface area (Å²) in [6, 6.07) is 5.12. The quantitative estimate of drug-likeness (QED) is 0.293. The number of fused-ring (bicyclic) bond motifs is 3. The van der Waals surface area contributed by atoms with Crippen LogP contribution < -0.4 is 25.0 Å². The summed E-state index contributed by atoms with van der Waals surface area (Å²) in [6.07, 6.45) is 5.91. The Bertz CT molecular complexity index is 2170. The van der Waals surface area contributed by atoms with Gasteiger partial charge in [0.05, 0.1) is 24.5 Å². The number of halogens is 2. The van der Waals surface area contributed by atoms with Gasteiger partial charge in [-0.25, -0.2) is 27.0 Å². The van der Waals surface area contributed by atoms with Crippen LogP contribution in [0.25, 0.3) is 10.8 Å². The summed E-state index contributed by atoms with van der Waals surface area (Å²) in [7, 11) is -4.06. The number of alkyl halides is 2. The molecule has 3 N–H and O–H groups in total. The van der Waals surface area contributed by atoms with Crippen molar-refractivity contribution in [2.45, 2.75) is 126 Å². The number of alkyl carbamates (subject to hydrolysis) is 1. The van der Waals surface area contributed by atoms with Gasteiger partial charge in [-0.05, 0) is 89.3 Å². The number of carbonyl (C=O) groups excluding carboxylic acids is 4. The molecule has 1 aromatic heterocycles. The Kier molecular flexibility index (Phi) is 12.1. The Labute approximate surface area is 355 Å². The van der Waals surface area contributed by atoms with E-state index in [-0.39, 0.29) is 31.2 Å². The molecule has 61 heavy (non-hydrogen) atoms. The largest absolute Gasteiger partial charge is 0.472 e. The minimum absolute atomic E-state index is 0.0241. The van der Waals surface area contributed by atoms with Crippen LogP contribution >= 0.6 is 0 Å². The number of pyridine rings is 1. The molecule has 4 amide bonds. The maximum absolute atomic E-state index is 14.9. The average Bonchev–Trinajstić information content (AvgIpc) is 4.08. The number of nitrogens with zero attached hydrogens (tertiary/aromatic N) is 3. The number of aromatic nitrogens is 1. The summed E-state index contributed by atoms with van der Waals surface area (Å²) in [5.74, 6) is -6.42. The van der Waals surface area contributed by atoms with Crippen molar-refractivity contribution in [3.05, 3.63) is 42.6 Å². The van der Waals surface area contributed by atoms with E-state index in [1.165, 1.54) is 4.90 Å². The fraction of sp³-hybridized carbons (Fsp3) is 0.651. The zero-order valence-corrected chi connectivity index (χ0v) is 36.5. The summed E-state index contributed by atoms with van der Waals surface area (Å²) in [6.45, 7) is 10.6. The van der Waals surface area contributed by atoms with Gasteiger partial charge >= 0.3 is 6.09 Å². The zero-order valence-electron chi connectivity index (χ0n) is 35.7. The number of carbonyl (C=O) groups is 4. The molecule has 7 rings (SSSR count). The minimum Gasteiger partial charge on any atom is -0.472 e. The highest BCUT2D eigenvalue weighted by molar-refractivity contribution is 7.91. The number of hydrogen-bond acceptors (Lipinski definition) is 11. The number of nitrogens with one attached hydrogen (secondary N) is 3. The molecule has 0 bridgehead atoms. The van der Waals surface area contributed by atoms with E-state index in [1.54, 1.807) is 20.0 Å². The molecular weight excluding hydrogens is 815 g/mol. The van der Waals surface area contributed by atoms with Crippen molar-refractivity contribution in [3.63, 3.8) is 0 Å². The molecule has 5 aliphatic rings. The highest BCUT2D eigenvalue weighted by atomic mass is 32.2. The number of sulfonamides is 1. The van der Waals surface area contributed by atoms with Gasteiger partial charge in [0.15, 0.2) is 5.60 Å². The van der Waals surface area contributed by atoms with Crippen molar-refractivity contribution in [1.82, 2.24) is 25.2 Å². The second kappa shape index (κ2) is 16.6. The molecule has 3 aliphatic heterocycles. The van der Waals surface area contributed by atoms with E-state index < -0.39 is 85.7 Å². The summed E-state index contributed by atoms with van der Waals surface area (Å²) >= 11 is 0. The van der Waals surface area contributed by atoms with E-state index in [4.69, 9.17) is 14.2 Å². The van der Waals surface area contributed by atoms with E-state index in [2.05, 4.69) is 25.2 Å². The lowest BCUT2D eigenvalue weighted by Crippen LogP contribution is -2.59. The summed E-state index contributed by atoms with van der Waals surface area (Å²) in [4.78, 5) is 65.0. The second-order valence-corrected chi connectivity index (χ2v) is 20.7. The average molecular weight is 873 g/mol. The topological polar surface area (TPSA) is 186 Å². The van der Waals surface area contributed by atoms with Crippen LogP contribution in [0.1, 0.15) is 86.5 Å². The molecule has 0 unspecified atom stereocenters. The Hall–Kier alpha value is -4.58. The molecule has 1 aromatic carbocycles. The smallest absolute Gasteiger partial charge is 0.408 e. The first-order chi connectivity index (χ1) is 28.6. The Morgan fingerprint density at radius 3 is 2.46 bits per heavy atom. The lowest BCUT2D eigenvalue weighted by atomic mass is 9.88. The van der Waals surface area contributed by atoms with Crippen LogP contribution in [0.2, 0.25) is 0 Å². The van der Waals surface area contributed by atoms with E-state index in [1.807, 2.05) is 43.3 Å². The van der Waals surface area contributed by atoms with Crippen molar-refractivity contribution >= 4 is 50.3 Å². The third-order valence-electron chi connectivity index (χ3n) is 13.3. The molecule has 18 heteroatoms. The standard InChI is InChI=1S/C43H58F2N6O9S/c1-26-10-7-8-11-28-24-43(28,38(54)49-61(56,57)41(5)15-16-41)48-35(52)33-23-29(59-36-31-12-9-13-32(30(31)14-17-46-36)50-18-20-58-21-19-50)25-51(33)37(53)34(27(2)22-26)47-39(55)60-40(3,4)42(6,44)45/h8-9,11-14,17,26-29,33-34H,7,10,15-16,18-25H2,1-6H3,(H,47,55)(H,48,52)(H,49,54)/b11-8-/t26-,27+,28+,29+,33-,34-,43+/m0/s1. The zero-order chi connectivity index (χ0) is 44.1. The van der Waals surface area contributed by atoms with Crippen molar-refractivity contribution < 1.29 is 50.6 Å². The lowest BCUT2D eigenvalue weighted by Gasteiger charge is -2.35. The normalized spacial score (nSPS) is 30.2. The van der Waals surface area contributed by atoms with Crippen LogP contribution in [0.3, 0.4) is 0 Å². The van der Waals surface area contributed by atoms with E-state index in [9.17, 15) is 36.4 Å². The first-order valence-electron chi connectivity index (χ1n) is 21.2. The summed E-state index contributed by atoms with van der Waals surface area (Å²) in [5.41, 5.74) is -2.85. The third-order valence-corrected chi connectivity index (χ3v) is 15.5. The molecule has 2 saturated heterocycles. The number of benzene rings is 1. The molecule has 0 spiro atoms. The van der Waals surface area contributed by atoms with Crippen LogP contribution in [0.4, 0.5) is 19.3 Å². The number of morpholine rings is 1. The Morgan fingerprint density at radius 2 is 1.77 bits per heavy atom. The third kappa shape index (κ3) is 9.16. The second-order valence-electron chi connectivity index (χ2n) is 18.5. The van der Waals surface area contributed by atoms with E-state index in [0.29, 0.717) is 70.7 Å². The predicted octanol–water partition coefficient (Wildman–Crippen LogP) is 4.83. The summed E-state index contributed by atoms with van der Waals surface area (Å²) < 4.78 is 73.9. The van der Waals surface area contributed by atoms with E-state index in [0.717, 1.165) is 24.9 Å². The van der Waals surface area contributed by atoms with Gasteiger partial charge in [-0.15, -0.1) is 0 Å². The molecule has 0 radical (unpaired) electrons. The van der Waals surface area contributed by atoms with Crippen molar-refractivity contribution in [3.8, 4) is 5.88 Å². The molecular formula is C43H58F2N6O9S. The van der Waals surface area contributed by atoms with Crippen LogP contribution in [0, 0.1) is 17.8 Å². The number of allylic oxidation sites excluding steroid dienone is 1. The van der Waals surface area contributed by atoms with E-state index >= 15 is 0 Å². The molecule has 15 nitrogen and oxygen atoms in total. The van der Waals surface area contributed by atoms with Crippen molar-refractivity contribution in [2.24, 2.45) is 17.8 Å². The monoisotopic (exact) mass is 872 g/mol. The van der Waals surface area contributed by atoms with Crippen molar-refractivity contribution in [2.75, 3.05) is 37.7 Å². The maximum atomic E-state index is 14.9. The molecule has 2 aliphatic carbocycles. The first-order valence-corrected chi connectivity index (χ1v) is 22.7. The number of amides is 4. The fourth-order valence-electron chi connectivity index (χ4n) is 8.57. The van der Waals surface area contributed by atoms with Gasteiger partial charge in [-0.3, -0.25) is 19.1 Å². The minimum atomic E-state index is -4.06. The highest BCUT2D eigenvalue weighted by Gasteiger charge is 2.63. The SMILES string of the molecule is C[C@H]1CC/C=C\[C@@H]2C[C@@]2(C(=O)NS(=O)(=O)C2(C)CC2)NC(=O)[C@@H]2C[C@@H](Oc3nccc4c(N5CCOCC5)cccc34)CN2C(=O)[C@@H](NC(=O)OC(C)(C)C(C)(F)F)[C@H](C)C1. The van der Waals surface area contributed by atoms with Gasteiger partial charge in [0.25, 0.3) is 11.8 Å². The van der Waals surface area contributed by atoms with Crippen LogP contribution in [0.15, 0.2) is 42.6 Å². The highest BCUT2D eigenvalue weighted by Crippen LogP contribution is 2.48. The molecule has 4 fully saturated rings. The molecule has 2 saturated carbocycles. The number of anilines is 1. The van der Waals surface area contributed by atoms with Gasteiger partial charge < -0.3 is 34.6 Å². The predicted molar refractivity (Wildman–Crippen MR) is 222 cm³/mol. The van der Waals surface area contributed by atoms with Crippen LogP contribution in [-0.2, 0) is 33.9 Å². The molecule has 4 heterocycles. The number of rotatable bonds is 9. The molecule has 2 aromatic rings. The fourth-order valence-corrected chi connectivity index (χ4v) is 9.88. The molecule has 7 atom stereocenters. The first kappa shape index (κ1) is 44.5. The van der Waals surface area contributed by atoms with Gasteiger partial charge in [0, 0.05) is 55.0 Å². The Morgan fingerprint density at radius 1 is 1.05 bits per heavy atom. The van der Waals surface area contributed by atoms with Crippen LogP contribution in [0.5, 0.6) is 5.88 Å². The van der Waals surface area contributed by atoms with Gasteiger partial charge in [0.1, 0.15) is 23.7 Å². The number of hydrogen-bond donors (Lipinski definition) is 3. The number of ether oxygens (including phenoxy) is 3. The maximum Gasteiger partial charge on any atom is 0.408 e. The lowest BCUT2D eigenvalue weighted by molar-refractivity contribution is -0.152. The van der Waals surface area contributed by atoms with Gasteiger partial charge in [-0.2, -0.15) is 0 Å². The van der Waals surface area contributed by atoms with Gasteiger partial charge in [0.2, 0.25) is 27.7 Å². The van der Waals surface area contributed by atoms with Gasteiger partial charge in [-0.1, -0.05) is 32.1 Å².